The lowest BCUT2D eigenvalue weighted by Crippen LogP contribution is -2.27. The monoisotopic (exact) mass is 252 g/mol. The lowest BCUT2D eigenvalue weighted by Gasteiger charge is -2.22. The molecule has 2 unspecified atom stereocenters. The molecular formula is C12H12O6. The Bertz CT molecular complexity index is 371. The minimum atomic E-state index is -0.499. The molecule has 0 aromatic rings. The summed E-state index contributed by atoms with van der Waals surface area (Å²) < 4.78 is 9.23. The van der Waals surface area contributed by atoms with Crippen LogP contribution in [0.1, 0.15) is 25.7 Å². The third-order valence-electron chi connectivity index (χ3n) is 4.16. The molecule has 2 aliphatic heterocycles. The maximum Gasteiger partial charge on any atom is 0.317 e. The van der Waals surface area contributed by atoms with Crippen molar-refractivity contribution in [2.75, 3.05) is 0 Å². The molecule has 0 radical (unpaired) electrons. The molecule has 96 valence electrons. The van der Waals surface area contributed by atoms with Gasteiger partial charge in [0.1, 0.15) is 0 Å². The molecule has 2 saturated heterocycles. The number of fused-ring (bicyclic) bond motifs is 2. The lowest BCUT2D eigenvalue weighted by molar-refractivity contribution is -0.156. The van der Waals surface area contributed by atoms with Crippen LogP contribution in [0.15, 0.2) is 0 Å². The highest BCUT2D eigenvalue weighted by molar-refractivity contribution is 5.98. The Labute approximate surface area is 103 Å². The van der Waals surface area contributed by atoms with Crippen LogP contribution in [0.5, 0.6) is 0 Å². The Morgan fingerprint density at radius 3 is 1.00 bits per heavy atom. The Morgan fingerprint density at radius 2 is 0.778 bits per heavy atom. The third kappa shape index (κ3) is 1.55. The second kappa shape index (κ2) is 3.90. The summed E-state index contributed by atoms with van der Waals surface area (Å²) in [5.74, 6) is -3.82. The van der Waals surface area contributed by atoms with E-state index in [1.54, 1.807) is 0 Å². The quantitative estimate of drug-likeness (QED) is 0.452. The van der Waals surface area contributed by atoms with Crippen LogP contribution in [-0.4, -0.2) is 23.9 Å². The van der Waals surface area contributed by atoms with Crippen LogP contribution in [0.3, 0.4) is 0 Å². The summed E-state index contributed by atoms with van der Waals surface area (Å²) in [6.45, 7) is 0. The number of rotatable bonds is 0. The summed E-state index contributed by atoms with van der Waals surface area (Å²) in [6.07, 6.45) is 1.61. The van der Waals surface area contributed by atoms with Gasteiger partial charge >= 0.3 is 23.9 Å². The van der Waals surface area contributed by atoms with E-state index in [-0.39, 0.29) is 0 Å². The predicted octanol–water partition coefficient (Wildman–Crippen LogP) is 0.192. The highest BCUT2D eigenvalue weighted by Gasteiger charge is 2.50. The van der Waals surface area contributed by atoms with Crippen molar-refractivity contribution in [1.82, 2.24) is 0 Å². The SMILES string of the molecule is O=C1OC(=O)C2CC[C@H]3C(=O)OC(=O)[C@H]3CCC12. The van der Waals surface area contributed by atoms with E-state index in [2.05, 4.69) is 9.47 Å². The zero-order valence-corrected chi connectivity index (χ0v) is 9.59. The van der Waals surface area contributed by atoms with Crippen LogP contribution >= 0.6 is 0 Å². The van der Waals surface area contributed by atoms with Crippen molar-refractivity contribution in [2.45, 2.75) is 25.7 Å². The normalized spacial score (nSPS) is 39.6. The van der Waals surface area contributed by atoms with Crippen LogP contribution in [0, 0.1) is 23.7 Å². The smallest absolute Gasteiger partial charge is 0.317 e. The molecule has 2 heterocycles. The Morgan fingerprint density at radius 1 is 0.556 bits per heavy atom. The number of cyclic esters (lactones) is 4. The molecule has 0 spiro atoms. The molecule has 0 aromatic heterocycles. The predicted molar refractivity (Wildman–Crippen MR) is 54.6 cm³/mol. The molecule has 3 rings (SSSR count). The standard InChI is InChI=1S/C12H12O6/c13-9-5-1-2-6-8(12(16)18-10(6)14)4-3-7(5)11(15)17-9/h5-8H,1-4H2/t5-,6?,7+,8?. The topological polar surface area (TPSA) is 86.7 Å². The fourth-order valence-corrected chi connectivity index (χ4v) is 3.15. The summed E-state index contributed by atoms with van der Waals surface area (Å²) in [5, 5.41) is 0. The first kappa shape index (κ1) is 11.4. The zero-order chi connectivity index (χ0) is 12.9. The first-order valence-electron chi connectivity index (χ1n) is 6.09. The van der Waals surface area contributed by atoms with Crippen LogP contribution in [0.25, 0.3) is 0 Å². The highest BCUT2D eigenvalue weighted by Crippen LogP contribution is 2.41. The maximum atomic E-state index is 11.5. The Balaban J connectivity index is 1.83. The summed E-state index contributed by atoms with van der Waals surface area (Å²) in [6, 6.07) is 0. The van der Waals surface area contributed by atoms with E-state index < -0.39 is 47.5 Å². The molecule has 0 bridgehead atoms. The molecule has 6 heteroatoms. The Hall–Kier alpha value is -1.72. The minimum Gasteiger partial charge on any atom is -0.393 e. The zero-order valence-electron chi connectivity index (χ0n) is 9.59. The number of ether oxygens (including phenoxy) is 2. The number of hydrogen-bond donors (Lipinski definition) is 0. The molecule has 18 heavy (non-hydrogen) atoms. The van der Waals surface area contributed by atoms with Crippen molar-refractivity contribution in [2.24, 2.45) is 23.7 Å². The number of carbonyl (C=O) groups excluding carboxylic acids is 4. The molecule has 3 fully saturated rings. The first-order chi connectivity index (χ1) is 8.58. The van der Waals surface area contributed by atoms with E-state index >= 15 is 0 Å². The van der Waals surface area contributed by atoms with E-state index in [1.165, 1.54) is 0 Å². The fraction of sp³-hybridized carbons (Fsp3) is 0.667. The van der Waals surface area contributed by atoms with Crippen molar-refractivity contribution in [1.29, 1.82) is 0 Å². The van der Waals surface area contributed by atoms with Gasteiger partial charge in [-0.15, -0.1) is 0 Å². The summed E-state index contributed by atoms with van der Waals surface area (Å²) >= 11 is 0. The van der Waals surface area contributed by atoms with Gasteiger partial charge in [0.15, 0.2) is 0 Å². The van der Waals surface area contributed by atoms with Gasteiger partial charge in [-0.25, -0.2) is 0 Å². The Kier molecular flexibility index (Phi) is 2.46. The lowest BCUT2D eigenvalue weighted by atomic mass is 9.76. The molecule has 3 aliphatic rings. The summed E-state index contributed by atoms with van der Waals surface area (Å²) in [7, 11) is 0. The summed E-state index contributed by atoms with van der Waals surface area (Å²) in [5.41, 5.74) is 0. The van der Waals surface area contributed by atoms with Crippen molar-refractivity contribution >= 4 is 23.9 Å². The minimum absolute atomic E-state index is 0.402. The van der Waals surface area contributed by atoms with Gasteiger partial charge < -0.3 is 9.47 Å². The van der Waals surface area contributed by atoms with E-state index in [0.717, 1.165) is 0 Å². The maximum absolute atomic E-state index is 11.5. The number of carbonyl (C=O) groups is 4. The van der Waals surface area contributed by atoms with Crippen molar-refractivity contribution in [3.05, 3.63) is 0 Å². The second-order valence-electron chi connectivity index (χ2n) is 5.06. The molecule has 1 saturated carbocycles. The van der Waals surface area contributed by atoms with Crippen LogP contribution in [0.2, 0.25) is 0 Å². The van der Waals surface area contributed by atoms with Gasteiger partial charge in [0.05, 0.1) is 23.7 Å². The summed E-state index contributed by atoms with van der Waals surface area (Å²) in [4.78, 5) is 46.0. The van der Waals surface area contributed by atoms with Gasteiger partial charge in [-0.3, -0.25) is 19.2 Å². The first-order valence-corrected chi connectivity index (χ1v) is 6.09. The molecule has 0 aromatic carbocycles. The molecule has 6 nitrogen and oxygen atoms in total. The highest BCUT2D eigenvalue weighted by atomic mass is 16.6. The van der Waals surface area contributed by atoms with Gasteiger partial charge in [-0.05, 0) is 25.7 Å². The average molecular weight is 252 g/mol. The van der Waals surface area contributed by atoms with Crippen molar-refractivity contribution in [3.8, 4) is 0 Å². The van der Waals surface area contributed by atoms with E-state index in [9.17, 15) is 19.2 Å². The van der Waals surface area contributed by atoms with Gasteiger partial charge in [0.25, 0.3) is 0 Å². The largest absolute Gasteiger partial charge is 0.393 e. The van der Waals surface area contributed by atoms with E-state index in [1.807, 2.05) is 0 Å². The molecule has 1 aliphatic carbocycles. The second-order valence-corrected chi connectivity index (χ2v) is 5.06. The van der Waals surface area contributed by atoms with Crippen molar-refractivity contribution < 1.29 is 28.7 Å². The van der Waals surface area contributed by atoms with Crippen LogP contribution in [0.4, 0.5) is 0 Å². The van der Waals surface area contributed by atoms with E-state index in [0.29, 0.717) is 25.7 Å². The number of hydrogen-bond acceptors (Lipinski definition) is 6. The van der Waals surface area contributed by atoms with E-state index in [4.69, 9.17) is 0 Å². The van der Waals surface area contributed by atoms with Crippen LogP contribution in [-0.2, 0) is 28.7 Å². The van der Waals surface area contributed by atoms with Gasteiger partial charge in [0.2, 0.25) is 0 Å². The van der Waals surface area contributed by atoms with Gasteiger partial charge in [-0.2, -0.15) is 0 Å². The average Bonchev–Trinajstić information content (AvgIpc) is 2.65. The molecular weight excluding hydrogens is 240 g/mol. The molecule has 4 atom stereocenters. The van der Waals surface area contributed by atoms with Gasteiger partial charge in [0, 0.05) is 0 Å². The fourth-order valence-electron chi connectivity index (χ4n) is 3.15. The third-order valence-corrected chi connectivity index (χ3v) is 4.16. The molecule has 0 N–H and O–H groups in total. The van der Waals surface area contributed by atoms with Crippen molar-refractivity contribution in [3.63, 3.8) is 0 Å². The van der Waals surface area contributed by atoms with Crippen LogP contribution < -0.4 is 0 Å². The number of esters is 4. The molecule has 0 amide bonds. The van der Waals surface area contributed by atoms with Gasteiger partial charge in [-0.1, -0.05) is 0 Å².